The van der Waals surface area contributed by atoms with Gasteiger partial charge in [-0.25, -0.2) is 0 Å². The molecule has 1 atom stereocenters. The van der Waals surface area contributed by atoms with Gasteiger partial charge >= 0.3 is 0 Å². The summed E-state index contributed by atoms with van der Waals surface area (Å²) in [5, 5.41) is 6.91. The Balaban J connectivity index is 1.65. The molecule has 0 amide bonds. The minimum Gasteiger partial charge on any atom is -0.497 e. The summed E-state index contributed by atoms with van der Waals surface area (Å²) in [5.41, 5.74) is 3.57. The zero-order valence-corrected chi connectivity index (χ0v) is 19.0. The van der Waals surface area contributed by atoms with Gasteiger partial charge in [-0.3, -0.25) is 9.89 Å². The van der Waals surface area contributed by atoms with E-state index in [1.165, 1.54) is 11.1 Å². The summed E-state index contributed by atoms with van der Waals surface area (Å²) in [7, 11) is 5.18. The Bertz CT molecular complexity index is 848. The number of hydrogen-bond donors (Lipinski definition) is 2. The number of nitrogens with one attached hydrogen (secondary N) is 2. The second-order valence-electron chi connectivity index (χ2n) is 7.60. The molecule has 1 aliphatic heterocycles. The number of aryl methyl sites for hydroxylation is 1. The van der Waals surface area contributed by atoms with Crippen molar-refractivity contribution in [2.75, 3.05) is 54.1 Å². The smallest absolute Gasteiger partial charge is 0.191 e. The van der Waals surface area contributed by atoms with Crippen LogP contribution in [-0.2, 0) is 11.3 Å². The number of hydrogen-bond acceptors (Lipinski definition) is 5. The van der Waals surface area contributed by atoms with E-state index in [9.17, 15) is 0 Å². The zero-order valence-electron chi connectivity index (χ0n) is 19.0. The highest BCUT2D eigenvalue weighted by Crippen LogP contribution is 2.23. The van der Waals surface area contributed by atoms with E-state index in [1.807, 2.05) is 24.3 Å². The Morgan fingerprint density at radius 2 is 1.74 bits per heavy atom. The van der Waals surface area contributed by atoms with Gasteiger partial charge in [0.15, 0.2) is 5.96 Å². The lowest BCUT2D eigenvalue weighted by molar-refractivity contribution is 0.0170. The van der Waals surface area contributed by atoms with Crippen molar-refractivity contribution in [1.82, 2.24) is 15.5 Å². The van der Waals surface area contributed by atoms with Gasteiger partial charge in [-0.1, -0.05) is 18.2 Å². The molecule has 1 heterocycles. The molecule has 1 saturated heterocycles. The molecule has 31 heavy (non-hydrogen) atoms. The summed E-state index contributed by atoms with van der Waals surface area (Å²) in [4.78, 5) is 6.86. The standard InChI is InChI=1S/C24H34N4O3/c1-18-13-19(15-22(14-18)30-4)16-26-24(25-2)27-17-23(28-9-11-31-12-10-28)20-5-7-21(29-3)8-6-20/h5-8,13-15,23H,9-12,16-17H2,1-4H3,(H2,25,26,27). The third kappa shape index (κ3) is 6.60. The molecular weight excluding hydrogens is 392 g/mol. The highest BCUT2D eigenvalue weighted by Gasteiger charge is 2.23. The molecule has 2 aromatic rings. The van der Waals surface area contributed by atoms with Crippen molar-refractivity contribution in [3.63, 3.8) is 0 Å². The van der Waals surface area contributed by atoms with Gasteiger partial charge in [0.2, 0.25) is 0 Å². The first kappa shape index (κ1) is 22.9. The number of aliphatic imine (C=N–C) groups is 1. The molecule has 7 heteroatoms. The van der Waals surface area contributed by atoms with E-state index in [0.29, 0.717) is 6.54 Å². The Hall–Kier alpha value is -2.77. The van der Waals surface area contributed by atoms with Gasteiger partial charge in [0.25, 0.3) is 0 Å². The first-order valence-corrected chi connectivity index (χ1v) is 10.7. The fourth-order valence-corrected chi connectivity index (χ4v) is 3.82. The molecule has 7 nitrogen and oxygen atoms in total. The van der Waals surface area contributed by atoms with E-state index >= 15 is 0 Å². The topological polar surface area (TPSA) is 67.4 Å². The van der Waals surface area contributed by atoms with Crippen LogP contribution in [0.15, 0.2) is 47.5 Å². The maximum atomic E-state index is 5.56. The molecule has 1 aliphatic rings. The van der Waals surface area contributed by atoms with Gasteiger partial charge < -0.3 is 24.8 Å². The summed E-state index contributed by atoms with van der Waals surface area (Å²) >= 11 is 0. The van der Waals surface area contributed by atoms with Crippen LogP contribution in [0.1, 0.15) is 22.7 Å². The molecule has 2 aromatic carbocycles. The van der Waals surface area contributed by atoms with Gasteiger partial charge in [0.1, 0.15) is 11.5 Å². The molecular formula is C24H34N4O3. The molecule has 0 aliphatic carbocycles. The van der Waals surface area contributed by atoms with Crippen LogP contribution in [-0.4, -0.2) is 65.0 Å². The normalized spacial score (nSPS) is 15.9. The number of guanidine groups is 1. The lowest BCUT2D eigenvalue weighted by atomic mass is 10.0. The molecule has 0 spiro atoms. The van der Waals surface area contributed by atoms with Gasteiger partial charge in [-0.15, -0.1) is 0 Å². The van der Waals surface area contributed by atoms with Crippen molar-refractivity contribution in [3.8, 4) is 11.5 Å². The Morgan fingerprint density at radius 1 is 1.03 bits per heavy atom. The van der Waals surface area contributed by atoms with Crippen LogP contribution in [0.2, 0.25) is 0 Å². The van der Waals surface area contributed by atoms with Crippen LogP contribution in [0.4, 0.5) is 0 Å². The number of ether oxygens (including phenoxy) is 3. The van der Waals surface area contributed by atoms with Gasteiger partial charge in [0, 0.05) is 33.2 Å². The highest BCUT2D eigenvalue weighted by molar-refractivity contribution is 5.79. The number of nitrogens with zero attached hydrogens (tertiary/aromatic N) is 2. The molecule has 168 valence electrons. The third-order valence-electron chi connectivity index (χ3n) is 5.48. The number of morpholine rings is 1. The third-order valence-corrected chi connectivity index (χ3v) is 5.48. The first-order chi connectivity index (χ1) is 15.1. The van der Waals surface area contributed by atoms with Crippen molar-refractivity contribution in [2.24, 2.45) is 4.99 Å². The number of rotatable bonds is 8. The Labute approximate surface area is 185 Å². The molecule has 0 radical (unpaired) electrons. The zero-order chi connectivity index (χ0) is 22.1. The second-order valence-corrected chi connectivity index (χ2v) is 7.60. The van der Waals surface area contributed by atoms with Crippen LogP contribution in [0.25, 0.3) is 0 Å². The van der Waals surface area contributed by atoms with Crippen LogP contribution in [0.5, 0.6) is 11.5 Å². The van der Waals surface area contributed by atoms with E-state index < -0.39 is 0 Å². The maximum Gasteiger partial charge on any atom is 0.191 e. The maximum absolute atomic E-state index is 5.56. The molecule has 0 bridgehead atoms. The molecule has 1 fully saturated rings. The van der Waals surface area contributed by atoms with Crippen molar-refractivity contribution < 1.29 is 14.2 Å². The number of benzene rings is 2. The fraction of sp³-hybridized carbons (Fsp3) is 0.458. The molecule has 3 rings (SSSR count). The molecule has 0 aromatic heterocycles. The van der Waals surface area contributed by atoms with Crippen LogP contribution < -0.4 is 20.1 Å². The summed E-state index contributed by atoms with van der Waals surface area (Å²) in [6.07, 6.45) is 0. The minimum absolute atomic E-state index is 0.215. The quantitative estimate of drug-likeness (QED) is 0.500. The summed E-state index contributed by atoms with van der Waals surface area (Å²) in [6.45, 7) is 6.82. The van der Waals surface area contributed by atoms with Crippen LogP contribution >= 0.6 is 0 Å². The predicted octanol–water partition coefficient (Wildman–Crippen LogP) is 2.75. The fourth-order valence-electron chi connectivity index (χ4n) is 3.82. The lowest BCUT2D eigenvalue weighted by Crippen LogP contribution is -2.46. The number of methoxy groups -OCH3 is 2. The van der Waals surface area contributed by atoms with Crippen LogP contribution in [0, 0.1) is 6.92 Å². The Kier molecular flexibility index (Phi) is 8.55. The molecule has 1 unspecified atom stereocenters. The van der Waals surface area contributed by atoms with Crippen LogP contribution in [0.3, 0.4) is 0 Å². The summed E-state index contributed by atoms with van der Waals surface area (Å²) < 4.78 is 16.3. The van der Waals surface area contributed by atoms with E-state index in [-0.39, 0.29) is 6.04 Å². The lowest BCUT2D eigenvalue weighted by Gasteiger charge is -2.35. The van der Waals surface area contributed by atoms with Crippen molar-refractivity contribution >= 4 is 5.96 Å². The van der Waals surface area contributed by atoms with Crippen molar-refractivity contribution in [1.29, 1.82) is 0 Å². The summed E-state index contributed by atoms with van der Waals surface area (Å²) in [5.74, 6) is 2.50. The monoisotopic (exact) mass is 426 g/mol. The highest BCUT2D eigenvalue weighted by atomic mass is 16.5. The Morgan fingerprint density at radius 3 is 2.39 bits per heavy atom. The van der Waals surface area contributed by atoms with Gasteiger partial charge in [-0.2, -0.15) is 0 Å². The predicted molar refractivity (Wildman–Crippen MR) is 124 cm³/mol. The van der Waals surface area contributed by atoms with E-state index in [1.54, 1.807) is 21.3 Å². The summed E-state index contributed by atoms with van der Waals surface area (Å²) in [6, 6.07) is 14.7. The van der Waals surface area contributed by atoms with Gasteiger partial charge in [-0.05, 0) is 47.9 Å². The second kappa shape index (κ2) is 11.6. The molecule has 2 N–H and O–H groups in total. The average Bonchev–Trinajstić information content (AvgIpc) is 2.81. The minimum atomic E-state index is 0.215. The van der Waals surface area contributed by atoms with E-state index in [0.717, 1.165) is 55.9 Å². The SMILES string of the molecule is CN=C(NCc1cc(C)cc(OC)c1)NCC(c1ccc(OC)cc1)N1CCOCC1. The van der Waals surface area contributed by atoms with Gasteiger partial charge in [0.05, 0.1) is 33.5 Å². The van der Waals surface area contributed by atoms with E-state index in [4.69, 9.17) is 14.2 Å². The van der Waals surface area contributed by atoms with E-state index in [2.05, 4.69) is 45.6 Å². The van der Waals surface area contributed by atoms with Crippen molar-refractivity contribution in [3.05, 3.63) is 59.2 Å². The molecule has 0 saturated carbocycles. The average molecular weight is 427 g/mol. The largest absolute Gasteiger partial charge is 0.497 e. The first-order valence-electron chi connectivity index (χ1n) is 10.7. The van der Waals surface area contributed by atoms with Crippen molar-refractivity contribution in [2.45, 2.75) is 19.5 Å².